The van der Waals surface area contributed by atoms with Crippen LogP contribution in [0.4, 0.5) is 10.5 Å². The summed E-state index contributed by atoms with van der Waals surface area (Å²) in [7, 11) is 2.10. The minimum atomic E-state index is -0.259. The molecule has 2 amide bonds. The van der Waals surface area contributed by atoms with Crippen LogP contribution in [0.2, 0.25) is 0 Å². The van der Waals surface area contributed by atoms with Gasteiger partial charge in [-0.2, -0.15) is 5.26 Å². The summed E-state index contributed by atoms with van der Waals surface area (Å²) in [6.07, 6.45) is 1.74. The van der Waals surface area contributed by atoms with E-state index in [1.54, 1.807) is 30.3 Å². The van der Waals surface area contributed by atoms with Gasteiger partial charge in [-0.3, -0.25) is 0 Å². The highest BCUT2D eigenvalue weighted by atomic mass is 16.3. The molecule has 0 aromatic heterocycles. The fourth-order valence-electron chi connectivity index (χ4n) is 4.68. The van der Waals surface area contributed by atoms with Gasteiger partial charge in [0.1, 0.15) is 5.75 Å². The van der Waals surface area contributed by atoms with Crippen molar-refractivity contribution in [2.75, 3.05) is 18.9 Å². The standard InChI is InChI=1S/C22H24N4O2/c1-22-9-10-26(2)19(11-15-5-8-17(27)12-18(15)22)20(22)25-21(28)24-16-6-3-14(13-23)4-7-16/h3-8,12,19-20,27H,9-11H2,1-2H3,(H2,24,25,28)/t19-,20+,22?/m1/s1. The molecule has 2 aromatic rings. The van der Waals surface area contributed by atoms with Crippen LogP contribution < -0.4 is 10.6 Å². The molecule has 1 fully saturated rings. The molecular weight excluding hydrogens is 352 g/mol. The van der Waals surface area contributed by atoms with Gasteiger partial charge in [0.25, 0.3) is 0 Å². The number of hydrogen-bond donors (Lipinski definition) is 3. The minimum Gasteiger partial charge on any atom is -0.508 e. The van der Waals surface area contributed by atoms with Crippen LogP contribution in [-0.2, 0) is 11.8 Å². The summed E-state index contributed by atoms with van der Waals surface area (Å²) in [5.41, 5.74) is 3.32. The second-order valence-corrected chi connectivity index (χ2v) is 8.03. The maximum Gasteiger partial charge on any atom is 0.319 e. The number of phenols is 1. The molecule has 0 spiro atoms. The van der Waals surface area contributed by atoms with E-state index >= 15 is 0 Å². The Morgan fingerprint density at radius 2 is 2.04 bits per heavy atom. The van der Waals surface area contributed by atoms with E-state index in [1.165, 1.54) is 5.56 Å². The van der Waals surface area contributed by atoms with Gasteiger partial charge in [0.2, 0.25) is 0 Å². The highest BCUT2D eigenvalue weighted by molar-refractivity contribution is 5.89. The molecule has 2 aliphatic rings. The lowest BCUT2D eigenvalue weighted by Crippen LogP contribution is -2.67. The van der Waals surface area contributed by atoms with Crippen molar-refractivity contribution in [2.24, 2.45) is 0 Å². The Morgan fingerprint density at radius 3 is 2.75 bits per heavy atom. The molecule has 6 nitrogen and oxygen atoms in total. The first-order chi connectivity index (χ1) is 13.4. The van der Waals surface area contributed by atoms with E-state index in [9.17, 15) is 9.90 Å². The number of phenolic OH excluding ortho intramolecular Hbond substituents is 1. The Labute approximate surface area is 164 Å². The summed E-state index contributed by atoms with van der Waals surface area (Å²) in [5.74, 6) is 0.262. The van der Waals surface area contributed by atoms with Crippen LogP contribution in [0.1, 0.15) is 30.0 Å². The van der Waals surface area contributed by atoms with E-state index in [2.05, 4.69) is 35.6 Å². The number of nitrogens with zero attached hydrogens (tertiary/aromatic N) is 2. The molecule has 3 N–H and O–H groups in total. The first-order valence-electron chi connectivity index (χ1n) is 9.51. The van der Waals surface area contributed by atoms with Crippen molar-refractivity contribution >= 4 is 11.7 Å². The maximum absolute atomic E-state index is 12.7. The van der Waals surface area contributed by atoms with Crippen molar-refractivity contribution in [1.29, 1.82) is 5.26 Å². The predicted molar refractivity (Wildman–Crippen MR) is 107 cm³/mol. The summed E-state index contributed by atoms with van der Waals surface area (Å²) in [6.45, 7) is 3.13. The van der Waals surface area contributed by atoms with Crippen LogP contribution in [0, 0.1) is 11.3 Å². The number of rotatable bonds is 2. The van der Waals surface area contributed by atoms with Crippen molar-refractivity contribution < 1.29 is 9.90 Å². The van der Waals surface area contributed by atoms with Gasteiger partial charge >= 0.3 is 6.03 Å². The summed E-state index contributed by atoms with van der Waals surface area (Å²) in [6, 6.07) is 14.3. The van der Waals surface area contributed by atoms with Gasteiger partial charge in [-0.15, -0.1) is 0 Å². The SMILES string of the molecule is CN1CCC2(C)c3cc(O)ccc3C[C@@H]1[C@@H]2NC(=O)Nc1ccc(C#N)cc1. The van der Waals surface area contributed by atoms with Gasteiger partial charge in [0, 0.05) is 17.1 Å². The third kappa shape index (κ3) is 3.08. The summed E-state index contributed by atoms with van der Waals surface area (Å²) < 4.78 is 0. The molecule has 0 radical (unpaired) electrons. The van der Waals surface area contributed by atoms with Crippen LogP contribution in [0.15, 0.2) is 42.5 Å². The minimum absolute atomic E-state index is 0.0704. The van der Waals surface area contributed by atoms with Crippen LogP contribution in [0.5, 0.6) is 5.75 Å². The van der Waals surface area contributed by atoms with Gasteiger partial charge in [-0.1, -0.05) is 13.0 Å². The van der Waals surface area contributed by atoms with E-state index in [1.807, 2.05) is 12.1 Å². The average Bonchev–Trinajstić information content (AvgIpc) is 2.68. The van der Waals surface area contributed by atoms with Crippen LogP contribution >= 0.6 is 0 Å². The van der Waals surface area contributed by atoms with E-state index in [0.29, 0.717) is 11.3 Å². The van der Waals surface area contributed by atoms with Crippen molar-refractivity contribution in [3.05, 3.63) is 59.2 Å². The third-order valence-electron chi connectivity index (χ3n) is 6.32. The summed E-state index contributed by atoms with van der Waals surface area (Å²) in [5, 5.41) is 25.0. The first-order valence-corrected chi connectivity index (χ1v) is 9.51. The predicted octanol–water partition coefficient (Wildman–Crippen LogP) is 2.97. The zero-order valence-corrected chi connectivity index (χ0v) is 16.1. The van der Waals surface area contributed by atoms with E-state index < -0.39 is 0 Å². The maximum atomic E-state index is 12.7. The largest absolute Gasteiger partial charge is 0.508 e. The zero-order chi connectivity index (χ0) is 19.9. The molecule has 1 aliphatic heterocycles. The van der Waals surface area contributed by atoms with Crippen molar-refractivity contribution in [2.45, 2.75) is 37.3 Å². The number of nitrogens with one attached hydrogen (secondary N) is 2. The number of aromatic hydroxyl groups is 1. The molecule has 144 valence electrons. The monoisotopic (exact) mass is 376 g/mol. The number of urea groups is 1. The molecule has 28 heavy (non-hydrogen) atoms. The second kappa shape index (κ2) is 6.84. The van der Waals surface area contributed by atoms with Crippen molar-refractivity contribution in [3.63, 3.8) is 0 Å². The fourth-order valence-corrected chi connectivity index (χ4v) is 4.68. The molecule has 2 aromatic carbocycles. The van der Waals surface area contributed by atoms with E-state index in [4.69, 9.17) is 5.26 Å². The molecule has 1 saturated heterocycles. The highest BCUT2D eigenvalue weighted by Gasteiger charge is 2.50. The van der Waals surface area contributed by atoms with Gasteiger partial charge in [-0.25, -0.2) is 4.79 Å². The van der Waals surface area contributed by atoms with Gasteiger partial charge in [0.05, 0.1) is 17.7 Å². The quantitative estimate of drug-likeness (QED) is 0.752. The Bertz CT molecular complexity index is 950. The third-order valence-corrected chi connectivity index (χ3v) is 6.32. The van der Waals surface area contributed by atoms with Crippen molar-refractivity contribution in [3.8, 4) is 11.8 Å². The van der Waals surface area contributed by atoms with Crippen LogP contribution in [0.25, 0.3) is 0 Å². The molecule has 1 aliphatic carbocycles. The molecule has 6 heteroatoms. The highest BCUT2D eigenvalue weighted by Crippen LogP contribution is 2.45. The number of carbonyl (C=O) groups excluding carboxylic acids is 1. The topological polar surface area (TPSA) is 88.4 Å². The average molecular weight is 376 g/mol. The lowest BCUT2D eigenvalue weighted by atomic mass is 9.61. The number of anilines is 1. The Morgan fingerprint density at radius 1 is 1.29 bits per heavy atom. The molecular formula is C22H24N4O2. The zero-order valence-electron chi connectivity index (χ0n) is 16.1. The number of amides is 2. The number of hydrogen-bond acceptors (Lipinski definition) is 4. The van der Waals surface area contributed by atoms with E-state index in [0.717, 1.165) is 24.9 Å². The number of likely N-dealkylation sites (N-methyl/N-ethyl adjacent to an activating group) is 1. The Hall–Kier alpha value is -3.04. The molecule has 1 unspecified atom stereocenters. The smallest absolute Gasteiger partial charge is 0.319 e. The van der Waals surface area contributed by atoms with Gasteiger partial charge < -0.3 is 20.6 Å². The van der Waals surface area contributed by atoms with E-state index in [-0.39, 0.29) is 29.3 Å². The number of carbonyl (C=O) groups is 1. The van der Waals surface area contributed by atoms with Crippen molar-refractivity contribution in [1.82, 2.24) is 10.2 Å². The van der Waals surface area contributed by atoms with Gasteiger partial charge in [0.15, 0.2) is 0 Å². The molecule has 1 heterocycles. The molecule has 4 rings (SSSR count). The number of nitriles is 1. The molecule has 0 saturated carbocycles. The van der Waals surface area contributed by atoms with Gasteiger partial charge in [-0.05, 0) is 74.0 Å². The lowest BCUT2D eigenvalue weighted by Gasteiger charge is -2.54. The summed E-state index contributed by atoms with van der Waals surface area (Å²) in [4.78, 5) is 15.0. The molecule has 3 atom stereocenters. The number of benzene rings is 2. The number of piperidine rings is 1. The second-order valence-electron chi connectivity index (χ2n) is 8.03. The Kier molecular flexibility index (Phi) is 4.48. The molecule has 2 bridgehead atoms. The normalized spacial score (nSPS) is 26.0. The van der Waals surface area contributed by atoms with Crippen LogP contribution in [0.3, 0.4) is 0 Å². The lowest BCUT2D eigenvalue weighted by molar-refractivity contribution is 0.0718. The Balaban J connectivity index is 1.59. The first kappa shape index (κ1) is 18.3. The fraction of sp³-hybridized carbons (Fsp3) is 0.364. The number of likely N-dealkylation sites (tertiary alicyclic amines) is 1. The van der Waals surface area contributed by atoms with Crippen LogP contribution in [-0.4, -0.2) is 41.7 Å². The number of fused-ring (bicyclic) bond motifs is 4. The summed E-state index contributed by atoms with van der Waals surface area (Å²) >= 11 is 0.